The minimum Gasteiger partial charge on any atom is -0.492 e. The van der Waals surface area contributed by atoms with E-state index in [1.165, 1.54) is 24.5 Å². The molecule has 0 radical (unpaired) electrons. The highest BCUT2D eigenvalue weighted by molar-refractivity contribution is 6.29. The lowest BCUT2D eigenvalue weighted by molar-refractivity contribution is -0.342. The molecule has 0 aromatic heterocycles. The van der Waals surface area contributed by atoms with Crippen molar-refractivity contribution in [1.82, 2.24) is 16.0 Å². The molecule has 3 saturated heterocycles. The summed E-state index contributed by atoms with van der Waals surface area (Å²) < 4.78 is 26.3. The van der Waals surface area contributed by atoms with Gasteiger partial charge in [0.25, 0.3) is 0 Å². The third kappa shape index (κ3) is 6.86. The van der Waals surface area contributed by atoms with Crippen molar-refractivity contribution in [1.29, 1.82) is 0 Å². The van der Waals surface area contributed by atoms with Gasteiger partial charge in [-0.15, -0.1) is 0 Å². The van der Waals surface area contributed by atoms with Crippen LogP contribution >= 0.6 is 0 Å². The van der Waals surface area contributed by atoms with Crippen molar-refractivity contribution in [3.05, 3.63) is 100 Å². The molecule has 3 aromatic rings. The van der Waals surface area contributed by atoms with E-state index in [-0.39, 0.29) is 58.3 Å². The SMILES string of the molecule is N[C@H]1NC(=O)[C@H]2NCN(c3ccccc3[C@@H]3/C=C/OC4(CCCC4)[C@@H]4O[C@H](Oc5c3cc3c(c5OC[C@H](O)CC=O)C(=O)c5ccccc5C3=O)[C@](O)(CCO)[C@H](O)[C@H]4O)[C@@H]2N1. The zero-order chi connectivity index (χ0) is 43.5. The molecular formula is C44H49N5O13. The van der Waals surface area contributed by atoms with Gasteiger partial charge in [0.2, 0.25) is 12.2 Å². The molecule has 62 heavy (non-hydrogen) atoms. The molecule has 328 valence electrons. The van der Waals surface area contributed by atoms with Crippen molar-refractivity contribution >= 4 is 29.4 Å². The molecule has 3 aromatic carbocycles. The fraction of sp³-hybridized carbons (Fsp3) is 0.455. The maximum atomic E-state index is 14.6. The van der Waals surface area contributed by atoms with Crippen molar-refractivity contribution in [2.45, 2.75) is 105 Å². The quantitative estimate of drug-likeness (QED) is 0.0982. The molecule has 4 heterocycles. The van der Waals surface area contributed by atoms with Gasteiger partial charge in [-0.1, -0.05) is 42.5 Å². The topological polar surface area (TPSA) is 272 Å². The van der Waals surface area contributed by atoms with Crippen LogP contribution in [0, 0.1) is 0 Å². The lowest BCUT2D eigenvalue weighted by Gasteiger charge is -2.51. The summed E-state index contributed by atoms with van der Waals surface area (Å²) in [7, 11) is 0. The summed E-state index contributed by atoms with van der Waals surface area (Å²) in [4.78, 5) is 55.7. The Morgan fingerprint density at radius 2 is 1.73 bits per heavy atom. The summed E-state index contributed by atoms with van der Waals surface area (Å²) in [5.41, 5.74) is 3.76. The Bertz CT molecular complexity index is 2300. The molecule has 10 N–H and O–H groups in total. The number of para-hydroxylation sites is 1. The van der Waals surface area contributed by atoms with E-state index < -0.39 is 97.5 Å². The van der Waals surface area contributed by atoms with Crippen LogP contribution in [0.15, 0.2) is 66.9 Å². The number of ether oxygens (including phenoxy) is 4. The first-order valence-electron chi connectivity index (χ1n) is 20.8. The molecule has 4 fully saturated rings. The highest BCUT2D eigenvalue weighted by Crippen LogP contribution is 2.52. The number of carbonyl (C=O) groups excluding carboxylic acids is 4. The Kier molecular flexibility index (Phi) is 11.2. The van der Waals surface area contributed by atoms with Gasteiger partial charge in [-0.25, -0.2) is 0 Å². The Hall–Kier alpha value is -5.28. The highest BCUT2D eigenvalue weighted by Gasteiger charge is 2.62. The number of hydrogen-bond donors (Lipinski definition) is 9. The summed E-state index contributed by atoms with van der Waals surface area (Å²) >= 11 is 0. The second-order valence-corrected chi connectivity index (χ2v) is 16.7. The van der Waals surface area contributed by atoms with Crippen molar-refractivity contribution in [2.75, 3.05) is 24.8 Å². The normalized spacial score (nSPS) is 31.9. The summed E-state index contributed by atoms with van der Waals surface area (Å²) in [6.45, 7) is -1.01. The number of fused-ring (bicyclic) bond motifs is 7. The lowest BCUT2D eigenvalue weighted by Crippen LogP contribution is -2.71. The molecule has 9 rings (SSSR count). The van der Waals surface area contributed by atoms with Crippen LogP contribution in [0.3, 0.4) is 0 Å². The van der Waals surface area contributed by atoms with Gasteiger partial charge in [0.05, 0.1) is 24.6 Å². The third-order valence-electron chi connectivity index (χ3n) is 13.0. The zero-order valence-corrected chi connectivity index (χ0v) is 33.5. The number of aliphatic hydroxyl groups is 5. The van der Waals surface area contributed by atoms with Crippen LogP contribution in [-0.2, 0) is 19.1 Å². The van der Waals surface area contributed by atoms with Crippen LogP contribution in [0.1, 0.15) is 87.4 Å². The molecule has 1 amide bonds. The predicted molar refractivity (Wildman–Crippen MR) is 217 cm³/mol. The fourth-order valence-corrected chi connectivity index (χ4v) is 9.92. The molecule has 2 bridgehead atoms. The van der Waals surface area contributed by atoms with Crippen LogP contribution in [-0.4, -0.2) is 130 Å². The Balaban J connectivity index is 1.32. The number of nitrogens with two attached hydrogens (primary N) is 1. The first kappa shape index (κ1) is 42.0. The number of carbonyl (C=O) groups is 4. The first-order chi connectivity index (χ1) is 29.9. The van der Waals surface area contributed by atoms with Gasteiger partial charge < -0.3 is 59.5 Å². The number of rotatable bonds is 9. The largest absolute Gasteiger partial charge is 0.492 e. The van der Waals surface area contributed by atoms with Crippen molar-refractivity contribution in [3.8, 4) is 11.5 Å². The van der Waals surface area contributed by atoms with Crippen molar-refractivity contribution in [3.63, 3.8) is 0 Å². The number of amides is 1. The summed E-state index contributed by atoms with van der Waals surface area (Å²) in [5.74, 6) is -2.97. The van der Waals surface area contributed by atoms with E-state index in [0.29, 0.717) is 43.2 Å². The Morgan fingerprint density at radius 3 is 2.47 bits per heavy atom. The second-order valence-electron chi connectivity index (χ2n) is 16.7. The van der Waals surface area contributed by atoms with Gasteiger partial charge in [0.1, 0.15) is 55.3 Å². The Labute approximate surface area is 355 Å². The minimum absolute atomic E-state index is 0.0703. The lowest BCUT2D eigenvalue weighted by atomic mass is 9.78. The maximum Gasteiger partial charge on any atom is 0.242 e. The molecule has 18 nitrogen and oxygen atoms in total. The number of aldehydes is 1. The zero-order valence-electron chi connectivity index (χ0n) is 33.5. The van der Waals surface area contributed by atoms with Crippen LogP contribution in [0.2, 0.25) is 0 Å². The average molecular weight is 856 g/mol. The van der Waals surface area contributed by atoms with Crippen LogP contribution < -0.4 is 36.1 Å². The number of nitrogens with one attached hydrogen (secondary N) is 3. The molecule has 10 atom stereocenters. The number of nitrogens with zero attached hydrogens (tertiary/aromatic N) is 1. The monoisotopic (exact) mass is 855 g/mol. The highest BCUT2D eigenvalue weighted by atomic mass is 16.7. The van der Waals surface area contributed by atoms with Crippen LogP contribution in [0.5, 0.6) is 11.5 Å². The number of allylic oxidation sites excluding steroid dienone is 1. The van der Waals surface area contributed by atoms with Gasteiger partial charge in [0, 0.05) is 53.3 Å². The van der Waals surface area contributed by atoms with Crippen molar-refractivity contribution < 1.29 is 63.7 Å². The Morgan fingerprint density at radius 1 is 1.00 bits per heavy atom. The summed E-state index contributed by atoms with van der Waals surface area (Å²) in [6, 6.07) is 14.4. The van der Waals surface area contributed by atoms with E-state index in [2.05, 4.69) is 16.0 Å². The standard InChI is InChI=1S/C44H49N5O13/c45-42-47-39-31(40(57)48-42)46-21-49(39)29-10-4-3-7-24(29)23-12-18-60-43(13-5-6-14-43)38-34(55)37(56)44(58,15-17-51)41(62-38)61-35-27(23)19-28-30(36(35)59-20-22(52)11-16-50)33(54)26-9-2-1-8-25(26)32(28)53/h1-4,7-10,12,16,18-19,22-23,31,34,37-39,41-42,46-47,51-52,55-56,58H,5-6,11,13-15,17,20-21,45H2,(H,48,57)/b18-12+/t22-,23+,31+,34-,37-,38-,39+,41+,42-,44+/m1/s1. The van der Waals surface area contributed by atoms with E-state index in [0.717, 1.165) is 0 Å². The van der Waals surface area contributed by atoms with Gasteiger partial charge in [-0.3, -0.25) is 30.8 Å². The van der Waals surface area contributed by atoms with Gasteiger partial charge in [-0.2, -0.15) is 0 Å². The number of anilines is 1. The number of benzene rings is 3. The molecular weight excluding hydrogens is 807 g/mol. The summed E-state index contributed by atoms with van der Waals surface area (Å²) in [6.07, 6.45) is -4.68. The fourth-order valence-electron chi connectivity index (χ4n) is 9.92. The van der Waals surface area contributed by atoms with Crippen LogP contribution in [0.25, 0.3) is 0 Å². The molecule has 4 aliphatic heterocycles. The van der Waals surface area contributed by atoms with E-state index in [1.54, 1.807) is 24.3 Å². The van der Waals surface area contributed by atoms with Crippen LogP contribution in [0.4, 0.5) is 5.69 Å². The van der Waals surface area contributed by atoms with E-state index in [9.17, 15) is 44.7 Å². The summed E-state index contributed by atoms with van der Waals surface area (Å²) in [5, 5.41) is 66.0. The first-order valence-corrected chi connectivity index (χ1v) is 20.8. The molecule has 1 spiro atoms. The number of aliphatic hydroxyl groups excluding tert-OH is 4. The van der Waals surface area contributed by atoms with E-state index in [4.69, 9.17) is 24.7 Å². The maximum absolute atomic E-state index is 14.6. The average Bonchev–Trinajstić information content (AvgIpc) is 3.92. The number of hydrogen-bond acceptors (Lipinski definition) is 17. The van der Waals surface area contributed by atoms with Gasteiger partial charge >= 0.3 is 0 Å². The van der Waals surface area contributed by atoms with Gasteiger partial charge in [-0.05, 0) is 49.5 Å². The molecule has 6 aliphatic rings. The van der Waals surface area contributed by atoms with E-state index >= 15 is 0 Å². The smallest absolute Gasteiger partial charge is 0.242 e. The molecule has 1 saturated carbocycles. The van der Waals surface area contributed by atoms with E-state index in [1.807, 2.05) is 23.1 Å². The second kappa shape index (κ2) is 16.4. The molecule has 18 heteroatoms. The van der Waals surface area contributed by atoms with Gasteiger partial charge in [0.15, 0.2) is 28.7 Å². The molecule has 0 unspecified atom stereocenters. The number of ketones is 2. The third-order valence-corrected chi connectivity index (χ3v) is 13.0. The van der Waals surface area contributed by atoms with Crippen molar-refractivity contribution in [2.24, 2.45) is 5.73 Å². The predicted octanol–water partition coefficient (Wildman–Crippen LogP) is -0.258. The molecule has 2 aliphatic carbocycles. The minimum atomic E-state index is -2.48.